The van der Waals surface area contributed by atoms with Gasteiger partial charge in [0.05, 0.1) is 0 Å². The van der Waals surface area contributed by atoms with E-state index in [-0.39, 0.29) is 0 Å². The molecule has 0 radical (unpaired) electrons. The van der Waals surface area contributed by atoms with Crippen LogP contribution < -0.4 is 4.74 Å². The number of benzene rings is 1. The Morgan fingerprint density at radius 2 is 1.76 bits per heavy atom. The fourth-order valence-electron chi connectivity index (χ4n) is 2.35. The first kappa shape index (κ1) is 17.4. The summed E-state index contributed by atoms with van der Waals surface area (Å²) in [5, 5.41) is 0. The van der Waals surface area contributed by atoms with Gasteiger partial charge < -0.3 is 4.74 Å². The smallest absolute Gasteiger partial charge is 0.372 e. The van der Waals surface area contributed by atoms with Crippen molar-refractivity contribution in [2.45, 2.75) is 59.8 Å². The van der Waals surface area contributed by atoms with Gasteiger partial charge in [-0.15, -0.1) is 0 Å². The van der Waals surface area contributed by atoms with Crippen molar-refractivity contribution in [3.05, 3.63) is 40.7 Å². The Balaban J connectivity index is 2.62. The maximum atomic E-state index is 13.7. The second-order valence-corrected chi connectivity index (χ2v) is 5.52. The Hall–Kier alpha value is -1.64. The van der Waals surface area contributed by atoms with Crippen molar-refractivity contribution in [2.24, 2.45) is 0 Å². The van der Waals surface area contributed by atoms with Crippen molar-refractivity contribution in [1.82, 2.24) is 0 Å². The standard InChI is InChI=1S/C18H25FO2/c1-5-6-7-8-9-10-16(19)18(20)21-17-14(3)11-13(2)12-15(17)4/h10-12H,5-9H2,1-4H3/b16-10+. The molecule has 2 nitrogen and oxygen atoms in total. The molecule has 116 valence electrons. The molecular formula is C18H25FO2. The first-order valence-corrected chi connectivity index (χ1v) is 7.61. The quantitative estimate of drug-likeness (QED) is 0.293. The number of ether oxygens (including phenoxy) is 1. The van der Waals surface area contributed by atoms with E-state index in [1.165, 1.54) is 6.08 Å². The zero-order valence-corrected chi connectivity index (χ0v) is 13.5. The summed E-state index contributed by atoms with van der Waals surface area (Å²) < 4.78 is 18.9. The van der Waals surface area contributed by atoms with Crippen LogP contribution in [0.1, 0.15) is 55.7 Å². The van der Waals surface area contributed by atoms with Gasteiger partial charge in [-0.1, -0.05) is 43.9 Å². The Morgan fingerprint density at radius 3 is 2.33 bits per heavy atom. The highest BCUT2D eigenvalue weighted by atomic mass is 19.1. The van der Waals surface area contributed by atoms with Crippen LogP contribution in [0.4, 0.5) is 4.39 Å². The van der Waals surface area contributed by atoms with Crippen molar-refractivity contribution in [3.63, 3.8) is 0 Å². The van der Waals surface area contributed by atoms with Crippen LogP contribution in [-0.4, -0.2) is 5.97 Å². The zero-order chi connectivity index (χ0) is 15.8. The predicted octanol–water partition coefficient (Wildman–Crippen LogP) is 5.34. The molecule has 3 heteroatoms. The average molecular weight is 292 g/mol. The van der Waals surface area contributed by atoms with E-state index in [9.17, 15) is 9.18 Å². The first-order valence-electron chi connectivity index (χ1n) is 7.61. The number of halogens is 1. The van der Waals surface area contributed by atoms with Crippen molar-refractivity contribution >= 4 is 5.97 Å². The summed E-state index contributed by atoms with van der Waals surface area (Å²) >= 11 is 0. The highest BCUT2D eigenvalue weighted by molar-refractivity contribution is 5.88. The number of hydrogen-bond acceptors (Lipinski definition) is 2. The average Bonchev–Trinajstić information content (AvgIpc) is 2.42. The first-order chi connectivity index (χ1) is 9.95. The van der Waals surface area contributed by atoms with E-state index in [1.807, 2.05) is 32.9 Å². The largest absolute Gasteiger partial charge is 0.421 e. The summed E-state index contributed by atoms with van der Waals surface area (Å²) in [6.45, 7) is 7.81. The number of unbranched alkanes of at least 4 members (excludes halogenated alkanes) is 4. The molecule has 0 heterocycles. The summed E-state index contributed by atoms with van der Waals surface area (Å²) in [6.07, 6.45) is 6.15. The molecule has 1 aromatic carbocycles. The Bertz CT molecular complexity index is 495. The molecule has 1 aromatic rings. The second kappa shape index (κ2) is 8.60. The lowest BCUT2D eigenvalue weighted by atomic mass is 10.1. The molecule has 0 aromatic heterocycles. The maximum absolute atomic E-state index is 13.7. The Labute approximate surface area is 127 Å². The lowest BCUT2D eigenvalue weighted by molar-refractivity contribution is -0.131. The molecule has 1 rings (SSSR count). The van der Waals surface area contributed by atoms with E-state index >= 15 is 0 Å². The topological polar surface area (TPSA) is 26.3 Å². The van der Waals surface area contributed by atoms with Crippen LogP contribution in [0.5, 0.6) is 5.75 Å². The van der Waals surface area contributed by atoms with E-state index in [1.54, 1.807) is 0 Å². The molecule has 0 saturated heterocycles. The molecule has 0 N–H and O–H groups in total. The van der Waals surface area contributed by atoms with E-state index in [4.69, 9.17) is 4.74 Å². The molecular weight excluding hydrogens is 267 g/mol. The van der Waals surface area contributed by atoms with Crippen LogP contribution in [0.2, 0.25) is 0 Å². The summed E-state index contributed by atoms with van der Waals surface area (Å²) in [5.41, 5.74) is 2.78. The molecule has 0 bridgehead atoms. The van der Waals surface area contributed by atoms with Gasteiger partial charge in [0.15, 0.2) is 0 Å². The minimum Gasteiger partial charge on any atom is -0.421 e. The lowest BCUT2D eigenvalue weighted by Gasteiger charge is -2.10. The number of carbonyl (C=O) groups is 1. The highest BCUT2D eigenvalue weighted by Crippen LogP contribution is 2.25. The van der Waals surface area contributed by atoms with Crippen LogP contribution in [0, 0.1) is 20.8 Å². The van der Waals surface area contributed by atoms with E-state index in [0.717, 1.165) is 42.4 Å². The maximum Gasteiger partial charge on any atom is 0.372 e. The molecule has 0 amide bonds. The highest BCUT2D eigenvalue weighted by Gasteiger charge is 2.14. The van der Waals surface area contributed by atoms with E-state index in [0.29, 0.717) is 12.2 Å². The Morgan fingerprint density at radius 1 is 1.14 bits per heavy atom. The summed E-state index contributed by atoms with van der Waals surface area (Å²) in [5.74, 6) is -1.24. The van der Waals surface area contributed by atoms with E-state index in [2.05, 4.69) is 6.92 Å². The van der Waals surface area contributed by atoms with Crippen LogP contribution >= 0.6 is 0 Å². The fraction of sp³-hybridized carbons (Fsp3) is 0.500. The summed E-state index contributed by atoms with van der Waals surface area (Å²) in [7, 11) is 0. The van der Waals surface area contributed by atoms with Gasteiger partial charge in [-0.2, -0.15) is 4.39 Å². The molecule has 0 saturated carbocycles. The van der Waals surface area contributed by atoms with Crippen molar-refractivity contribution in [2.75, 3.05) is 0 Å². The van der Waals surface area contributed by atoms with Crippen LogP contribution in [0.25, 0.3) is 0 Å². The number of rotatable bonds is 7. The lowest BCUT2D eigenvalue weighted by Crippen LogP contribution is -2.10. The normalized spacial score (nSPS) is 11.6. The van der Waals surface area contributed by atoms with Gasteiger partial charge in [-0.25, -0.2) is 4.79 Å². The minimum atomic E-state index is -0.902. The molecule has 0 unspecified atom stereocenters. The van der Waals surface area contributed by atoms with Crippen molar-refractivity contribution in [3.8, 4) is 5.75 Å². The predicted molar refractivity (Wildman–Crippen MR) is 84.2 cm³/mol. The fourth-order valence-corrected chi connectivity index (χ4v) is 2.35. The third-order valence-corrected chi connectivity index (χ3v) is 3.38. The Kier molecular flexibility index (Phi) is 7.13. The molecule has 0 spiro atoms. The SMILES string of the molecule is CCCCCC/C=C(/F)C(=O)Oc1c(C)cc(C)cc1C. The second-order valence-electron chi connectivity index (χ2n) is 5.52. The van der Waals surface area contributed by atoms with Gasteiger partial charge in [0.1, 0.15) is 5.75 Å². The van der Waals surface area contributed by atoms with Crippen molar-refractivity contribution < 1.29 is 13.9 Å². The van der Waals surface area contributed by atoms with E-state index < -0.39 is 11.8 Å². The van der Waals surface area contributed by atoms with Gasteiger partial charge in [-0.05, 0) is 50.8 Å². The van der Waals surface area contributed by atoms with Crippen LogP contribution in [0.15, 0.2) is 24.0 Å². The number of carbonyl (C=O) groups excluding carboxylic acids is 1. The minimum absolute atomic E-state index is 0.458. The summed E-state index contributed by atoms with van der Waals surface area (Å²) in [4.78, 5) is 11.8. The molecule has 21 heavy (non-hydrogen) atoms. The molecule has 0 aliphatic heterocycles. The number of esters is 1. The molecule has 0 aliphatic rings. The molecule has 0 fully saturated rings. The molecule has 0 atom stereocenters. The molecule has 0 aliphatic carbocycles. The third kappa shape index (κ3) is 5.70. The van der Waals surface area contributed by atoms with Gasteiger partial charge in [0, 0.05) is 0 Å². The van der Waals surface area contributed by atoms with Gasteiger partial charge in [0.2, 0.25) is 5.83 Å². The van der Waals surface area contributed by atoms with Gasteiger partial charge >= 0.3 is 5.97 Å². The third-order valence-electron chi connectivity index (χ3n) is 3.38. The summed E-state index contributed by atoms with van der Waals surface area (Å²) in [6, 6.07) is 3.84. The number of allylic oxidation sites excluding steroid dienone is 1. The van der Waals surface area contributed by atoms with Gasteiger partial charge in [0.25, 0.3) is 0 Å². The number of hydrogen-bond donors (Lipinski definition) is 0. The monoisotopic (exact) mass is 292 g/mol. The van der Waals surface area contributed by atoms with Crippen LogP contribution in [-0.2, 0) is 4.79 Å². The van der Waals surface area contributed by atoms with Crippen molar-refractivity contribution in [1.29, 1.82) is 0 Å². The zero-order valence-electron chi connectivity index (χ0n) is 13.5. The van der Waals surface area contributed by atoms with Gasteiger partial charge in [-0.3, -0.25) is 0 Å². The van der Waals surface area contributed by atoms with Crippen LogP contribution in [0.3, 0.4) is 0 Å². The number of aryl methyl sites for hydroxylation is 3.